The van der Waals surface area contributed by atoms with Gasteiger partial charge in [0.2, 0.25) is 5.95 Å². The largest absolute Gasteiger partial charge is 0.493 e. The SMILES string of the molecule is COc1cccc(NC(=O)N2CCN(c3cc(C)nc(N4CCCCC4)n3)CC2)c1OC. The van der Waals surface area contributed by atoms with Crippen molar-refractivity contribution in [2.24, 2.45) is 0 Å². The number of anilines is 3. The van der Waals surface area contributed by atoms with Crippen LogP contribution in [0.3, 0.4) is 0 Å². The molecule has 1 N–H and O–H groups in total. The molecule has 4 rings (SSSR count). The van der Waals surface area contributed by atoms with Crippen molar-refractivity contribution in [1.82, 2.24) is 14.9 Å². The first kappa shape index (κ1) is 22.0. The number of nitrogens with one attached hydrogen (secondary N) is 1. The summed E-state index contributed by atoms with van der Waals surface area (Å²) in [6.45, 7) is 6.72. The summed E-state index contributed by atoms with van der Waals surface area (Å²) in [6.07, 6.45) is 3.66. The van der Waals surface area contributed by atoms with Crippen LogP contribution in [0.4, 0.5) is 22.2 Å². The van der Waals surface area contributed by atoms with Crippen LogP contribution in [-0.4, -0.2) is 74.4 Å². The summed E-state index contributed by atoms with van der Waals surface area (Å²) < 4.78 is 10.7. The Morgan fingerprint density at radius 1 is 0.938 bits per heavy atom. The number of urea groups is 1. The number of ether oxygens (including phenoxy) is 2. The summed E-state index contributed by atoms with van der Waals surface area (Å²) in [5.41, 5.74) is 1.57. The van der Waals surface area contributed by atoms with Crippen LogP contribution in [0.5, 0.6) is 11.5 Å². The summed E-state index contributed by atoms with van der Waals surface area (Å²) in [5, 5.41) is 2.95. The lowest BCUT2D eigenvalue weighted by Crippen LogP contribution is -2.50. The highest BCUT2D eigenvalue weighted by atomic mass is 16.5. The molecule has 0 spiro atoms. The van der Waals surface area contributed by atoms with E-state index in [1.807, 2.05) is 24.0 Å². The van der Waals surface area contributed by atoms with Crippen molar-refractivity contribution in [1.29, 1.82) is 0 Å². The van der Waals surface area contributed by atoms with Crippen LogP contribution in [0.15, 0.2) is 24.3 Å². The van der Waals surface area contributed by atoms with Crippen LogP contribution in [0.2, 0.25) is 0 Å². The zero-order valence-electron chi connectivity index (χ0n) is 19.1. The van der Waals surface area contributed by atoms with Crippen LogP contribution in [0.1, 0.15) is 25.0 Å². The Hall–Kier alpha value is -3.23. The van der Waals surface area contributed by atoms with E-state index >= 15 is 0 Å². The number of hydrogen-bond acceptors (Lipinski definition) is 7. The highest BCUT2D eigenvalue weighted by Gasteiger charge is 2.24. The van der Waals surface area contributed by atoms with Crippen molar-refractivity contribution in [3.63, 3.8) is 0 Å². The molecule has 1 aromatic carbocycles. The van der Waals surface area contributed by atoms with Gasteiger partial charge in [-0.15, -0.1) is 0 Å². The third-order valence-electron chi connectivity index (χ3n) is 6.00. The molecule has 2 fully saturated rings. The molecule has 1 aromatic heterocycles. The van der Waals surface area contributed by atoms with Crippen molar-refractivity contribution in [2.45, 2.75) is 26.2 Å². The molecule has 2 saturated heterocycles. The zero-order chi connectivity index (χ0) is 22.5. The highest BCUT2D eigenvalue weighted by Crippen LogP contribution is 2.35. The summed E-state index contributed by atoms with van der Waals surface area (Å²) in [6, 6.07) is 7.32. The van der Waals surface area contributed by atoms with E-state index in [1.165, 1.54) is 19.3 Å². The lowest BCUT2D eigenvalue weighted by Gasteiger charge is -2.36. The molecule has 2 aliphatic rings. The topological polar surface area (TPSA) is 83.1 Å². The Balaban J connectivity index is 1.39. The van der Waals surface area contributed by atoms with E-state index in [9.17, 15) is 4.79 Å². The van der Waals surface area contributed by atoms with E-state index in [4.69, 9.17) is 14.5 Å². The van der Waals surface area contributed by atoms with E-state index in [2.05, 4.69) is 20.1 Å². The Morgan fingerprint density at radius 2 is 1.69 bits per heavy atom. The van der Waals surface area contributed by atoms with Gasteiger partial charge in [-0.05, 0) is 38.3 Å². The van der Waals surface area contributed by atoms with Gasteiger partial charge in [0.1, 0.15) is 5.82 Å². The second kappa shape index (κ2) is 9.93. The molecule has 9 nitrogen and oxygen atoms in total. The quantitative estimate of drug-likeness (QED) is 0.765. The number of carbonyl (C=O) groups excluding carboxylic acids is 1. The van der Waals surface area contributed by atoms with Gasteiger partial charge >= 0.3 is 6.03 Å². The number of hydrogen-bond donors (Lipinski definition) is 1. The number of benzene rings is 1. The molecule has 0 atom stereocenters. The number of piperazine rings is 1. The monoisotopic (exact) mass is 440 g/mol. The van der Waals surface area contributed by atoms with E-state index in [1.54, 1.807) is 26.4 Å². The average Bonchev–Trinajstić information content (AvgIpc) is 2.84. The highest BCUT2D eigenvalue weighted by molar-refractivity contribution is 5.91. The van der Waals surface area contributed by atoms with Crippen LogP contribution >= 0.6 is 0 Å². The molecule has 2 amide bonds. The maximum absolute atomic E-state index is 12.9. The normalized spacial score (nSPS) is 16.7. The number of piperidine rings is 1. The predicted molar refractivity (Wildman–Crippen MR) is 125 cm³/mol. The van der Waals surface area contributed by atoms with Gasteiger partial charge in [-0.25, -0.2) is 9.78 Å². The first-order valence-electron chi connectivity index (χ1n) is 11.2. The van der Waals surface area contributed by atoms with Crippen molar-refractivity contribution in [3.8, 4) is 11.5 Å². The first-order valence-corrected chi connectivity index (χ1v) is 11.2. The van der Waals surface area contributed by atoms with Gasteiger partial charge in [-0.3, -0.25) is 0 Å². The van der Waals surface area contributed by atoms with Crippen molar-refractivity contribution < 1.29 is 14.3 Å². The fourth-order valence-corrected chi connectivity index (χ4v) is 4.25. The number of carbonyl (C=O) groups is 1. The third-order valence-corrected chi connectivity index (χ3v) is 6.00. The third kappa shape index (κ3) is 4.81. The molecular formula is C23H32N6O3. The minimum atomic E-state index is -0.149. The van der Waals surface area contributed by atoms with E-state index in [-0.39, 0.29) is 6.03 Å². The second-order valence-corrected chi connectivity index (χ2v) is 8.16. The van der Waals surface area contributed by atoms with Crippen molar-refractivity contribution in [2.75, 3.05) is 68.6 Å². The van der Waals surface area contributed by atoms with E-state index < -0.39 is 0 Å². The smallest absolute Gasteiger partial charge is 0.322 e. The minimum absolute atomic E-state index is 0.149. The number of para-hydroxylation sites is 1. The molecule has 172 valence electrons. The van der Waals surface area contributed by atoms with Gasteiger partial charge < -0.3 is 29.5 Å². The van der Waals surface area contributed by atoms with Crippen LogP contribution in [0, 0.1) is 6.92 Å². The lowest BCUT2D eigenvalue weighted by molar-refractivity contribution is 0.208. The Bertz CT molecular complexity index is 939. The Kier molecular flexibility index (Phi) is 6.82. The van der Waals surface area contributed by atoms with Gasteiger partial charge in [0.25, 0.3) is 0 Å². The molecule has 3 heterocycles. The van der Waals surface area contributed by atoms with Crippen LogP contribution < -0.4 is 24.6 Å². The molecular weight excluding hydrogens is 408 g/mol. The van der Waals surface area contributed by atoms with E-state index in [0.717, 1.165) is 43.6 Å². The molecule has 0 radical (unpaired) electrons. The van der Waals surface area contributed by atoms with Gasteiger partial charge in [0, 0.05) is 51.0 Å². The zero-order valence-corrected chi connectivity index (χ0v) is 19.1. The fourth-order valence-electron chi connectivity index (χ4n) is 4.25. The molecule has 9 heteroatoms. The number of aromatic nitrogens is 2. The van der Waals surface area contributed by atoms with Crippen LogP contribution in [-0.2, 0) is 0 Å². The predicted octanol–water partition coefficient (Wildman–Crippen LogP) is 3.15. The van der Waals surface area contributed by atoms with Gasteiger partial charge in [0.05, 0.1) is 19.9 Å². The molecule has 0 saturated carbocycles. The Morgan fingerprint density at radius 3 is 2.38 bits per heavy atom. The number of nitrogens with zero attached hydrogens (tertiary/aromatic N) is 5. The summed E-state index contributed by atoms with van der Waals surface area (Å²) in [5.74, 6) is 2.86. The summed E-state index contributed by atoms with van der Waals surface area (Å²) in [7, 11) is 3.14. The average molecular weight is 441 g/mol. The lowest BCUT2D eigenvalue weighted by atomic mass is 10.1. The van der Waals surface area contributed by atoms with Crippen molar-refractivity contribution in [3.05, 3.63) is 30.0 Å². The fraction of sp³-hybridized carbons (Fsp3) is 0.522. The minimum Gasteiger partial charge on any atom is -0.493 e. The number of methoxy groups -OCH3 is 2. The van der Waals surface area contributed by atoms with E-state index in [0.29, 0.717) is 30.3 Å². The van der Waals surface area contributed by atoms with Crippen molar-refractivity contribution >= 4 is 23.5 Å². The van der Waals surface area contributed by atoms with Crippen LogP contribution in [0.25, 0.3) is 0 Å². The molecule has 0 bridgehead atoms. The Labute approximate surface area is 189 Å². The second-order valence-electron chi connectivity index (χ2n) is 8.16. The maximum atomic E-state index is 12.9. The summed E-state index contributed by atoms with van der Waals surface area (Å²) in [4.78, 5) is 28.7. The maximum Gasteiger partial charge on any atom is 0.322 e. The first-order chi connectivity index (χ1) is 15.6. The van der Waals surface area contributed by atoms with Gasteiger partial charge in [-0.2, -0.15) is 4.98 Å². The summed E-state index contributed by atoms with van der Waals surface area (Å²) >= 11 is 0. The number of amides is 2. The molecule has 0 aliphatic carbocycles. The number of aryl methyl sites for hydroxylation is 1. The molecule has 32 heavy (non-hydrogen) atoms. The van der Waals surface area contributed by atoms with Gasteiger partial charge in [-0.1, -0.05) is 6.07 Å². The molecule has 2 aromatic rings. The molecule has 2 aliphatic heterocycles. The standard InChI is InChI=1S/C23H32N6O3/c1-17-16-20(26-22(24-17)28-10-5-4-6-11-28)27-12-14-29(15-13-27)23(30)25-18-8-7-9-19(31-2)21(18)32-3/h7-9,16H,4-6,10-15H2,1-3H3,(H,25,30). The van der Waals surface area contributed by atoms with Gasteiger partial charge in [0.15, 0.2) is 11.5 Å². The molecule has 0 unspecified atom stereocenters. The number of rotatable bonds is 5.